The van der Waals surface area contributed by atoms with Crippen molar-refractivity contribution in [3.8, 4) is 0 Å². The van der Waals surface area contributed by atoms with Crippen molar-refractivity contribution in [3.05, 3.63) is 64.7 Å². The molecule has 3 N–H and O–H groups in total. The highest BCUT2D eigenvalue weighted by Gasteiger charge is 2.27. The summed E-state index contributed by atoms with van der Waals surface area (Å²) in [6, 6.07) is 11.7. The zero-order chi connectivity index (χ0) is 21.6. The fourth-order valence-electron chi connectivity index (χ4n) is 3.36. The van der Waals surface area contributed by atoms with Crippen LogP contribution < -0.4 is 16.0 Å². The Morgan fingerprint density at radius 3 is 2.14 bits per heavy atom. The molecule has 0 bridgehead atoms. The Bertz CT molecular complexity index is 873. The maximum atomic E-state index is 12.7. The molecule has 4 amide bonds. The van der Waals surface area contributed by atoms with E-state index in [1.54, 1.807) is 24.1 Å². The number of aryl methyl sites for hydroxylation is 3. The zero-order valence-electron chi connectivity index (χ0n) is 17.5. The summed E-state index contributed by atoms with van der Waals surface area (Å²) >= 11 is 0. The van der Waals surface area contributed by atoms with Gasteiger partial charge in [-0.15, -0.1) is 0 Å². The third kappa shape index (κ3) is 5.89. The molecule has 7 nitrogen and oxygen atoms in total. The van der Waals surface area contributed by atoms with Gasteiger partial charge in [0, 0.05) is 12.7 Å². The molecule has 0 aliphatic heterocycles. The predicted molar refractivity (Wildman–Crippen MR) is 114 cm³/mol. The van der Waals surface area contributed by atoms with E-state index in [9.17, 15) is 14.4 Å². The van der Waals surface area contributed by atoms with Crippen molar-refractivity contribution in [2.45, 2.75) is 26.8 Å². The van der Waals surface area contributed by atoms with Crippen molar-refractivity contribution in [1.29, 1.82) is 0 Å². The number of imide groups is 1. The number of carbonyl (C=O) groups is 3. The molecule has 0 radical (unpaired) electrons. The smallest absolute Gasteiger partial charge is 0.321 e. The quantitative estimate of drug-likeness (QED) is 0.700. The molecule has 2 aromatic carbocycles. The Kier molecular flexibility index (Phi) is 7.50. The molecular formula is C22H28N4O3. The molecule has 0 saturated carbocycles. The summed E-state index contributed by atoms with van der Waals surface area (Å²) in [6.07, 6.45) is 0. The van der Waals surface area contributed by atoms with Gasteiger partial charge >= 0.3 is 6.03 Å². The SMILES string of the molecule is CNC(=O)NC(=O)[C@H](c1ccccc1)N(C)CC(=O)Nc1c(C)cc(C)cc1C. The van der Waals surface area contributed by atoms with Crippen molar-refractivity contribution in [3.63, 3.8) is 0 Å². The zero-order valence-corrected chi connectivity index (χ0v) is 17.5. The van der Waals surface area contributed by atoms with Crippen LogP contribution in [-0.2, 0) is 9.59 Å². The molecule has 154 valence electrons. The summed E-state index contributed by atoms with van der Waals surface area (Å²) in [6.45, 7) is 5.88. The molecule has 0 aliphatic carbocycles. The van der Waals surface area contributed by atoms with E-state index in [2.05, 4.69) is 16.0 Å². The molecule has 2 rings (SSSR count). The van der Waals surface area contributed by atoms with Gasteiger partial charge in [-0.1, -0.05) is 48.0 Å². The highest BCUT2D eigenvalue weighted by molar-refractivity contribution is 5.98. The first-order valence-corrected chi connectivity index (χ1v) is 9.38. The van der Waals surface area contributed by atoms with Crippen LogP contribution in [0.5, 0.6) is 0 Å². The maximum absolute atomic E-state index is 12.7. The standard InChI is InChI=1S/C22H28N4O3/c1-14-11-15(2)19(16(3)12-14)24-18(27)13-26(5)20(17-9-7-6-8-10-17)21(28)25-22(29)23-4/h6-12,20H,13H2,1-5H3,(H,24,27)(H2,23,25,28,29)/t20-/m0/s1. The first-order chi connectivity index (χ1) is 13.7. The Hall–Kier alpha value is -3.19. The second kappa shape index (κ2) is 9.84. The van der Waals surface area contributed by atoms with Gasteiger partial charge in [-0.25, -0.2) is 4.79 Å². The van der Waals surface area contributed by atoms with Crippen LogP contribution in [0, 0.1) is 20.8 Å². The van der Waals surface area contributed by atoms with Crippen molar-refractivity contribution < 1.29 is 14.4 Å². The number of benzene rings is 2. The second-order valence-electron chi connectivity index (χ2n) is 7.12. The van der Waals surface area contributed by atoms with Crippen LogP contribution in [0.15, 0.2) is 42.5 Å². The van der Waals surface area contributed by atoms with Crippen LogP contribution in [0.3, 0.4) is 0 Å². The number of rotatable bonds is 6. The number of nitrogens with zero attached hydrogens (tertiary/aromatic N) is 1. The van der Waals surface area contributed by atoms with Gasteiger partial charge in [0.1, 0.15) is 6.04 Å². The highest BCUT2D eigenvalue weighted by Crippen LogP contribution is 2.23. The van der Waals surface area contributed by atoms with E-state index >= 15 is 0 Å². The second-order valence-corrected chi connectivity index (χ2v) is 7.12. The molecule has 0 unspecified atom stereocenters. The lowest BCUT2D eigenvalue weighted by atomic mass is 10.0. The van der Waals surface area contributed by atoms with Crippen molar-refractivity contribution in [2.75, 3.05) is 26.0 Å². The number of likely N-dealkylation sites (N-methyl/N-ethyl adjacent to an activating group) is 1. The highest BCUT2D eigenvalue weighted by atomic mass is 16.2. The van der Waals surface area contributed by atoms with Crippen LogP contribution in [0.1, 0.15) is 28.3 Å². The van der Waals surface area contributed by atoms with E-state index in [4.69, 9.17) is 0 Å². The van der Waals surface area contributed by atoms with Crippen LogP contribution >= 0.6 is 0 Å². The van der Waals surface area contributed by atoms with Crippen LogP contribution in [-0.4, -0.2) is 43.4 Å². The van der Waals surface area contributed by atoms with Crippen LogP contribution in [0.25, 0.3) is 0 Å². The van der Waals surface area contributed by atoms with Crippen molar-refractivity contribution >= 4 is 23.5 Å². The molecular weight excluding hydrogens is 368 g/mol. The third-order valence-electron chi connectivity index (χ3n) is 4.60. The van der Waals surface area contributed by atoms with Gasteiger partial charge in [0.05, 0.1) is 6.54 Å². The summed E-state index contributed by atoms with van der Waals surface area (Å²) in [5, 5.41) is 7.60. The fourth-order valence-corrected chi connectivity index (χ4v) is 3.36. The first-order valence-electron chi connectivity index (χ1n) is 9.38. The lowest BCUT2D eigenvalue weighted by Crippen LogP contribution is -2.46. The summed E-state index contributed by atoms with van der Waals surface area (Å²) in [5.74, 6) is -0.746. The Morgan fingerprint density at radius 2 is 1.59 bits per heavy atom. The lowest BCUT2D eigenvalue weighted by molar-refractivity contribution is -0.126. The predicted octanol–water partition coefficient (Wildman–Crippen LogP) is 2.68. The number of carbonyl (C=O) groups excluding carboxylic acids is 3. The summed E-state index contributed by atoms with van der Waals surface area (Å²) in [4.78, 5) is 38.6. The number of nitrogens with one attached hydrogen (secondary N) is 3. The Balaban J connectivity index is 2.19. The normalized spacial score (nSPS) is 11.7. The van der Waals surface area contributed by atoms with Gasteiger partial charge in [0.25, 0.3) is 0 Å². The van der Waals surface area contributed by atoms with E-state index in [0.29, 0.717) is 5.56 Å². The molecule has 0 aliphatic rings. The molecule has 0 spiro atoms. The molecule has 0 heterocycles. The van der Waals surface area contributed by atoms with E-state index in [1.165, 1.54) is 7.05 Å². The molecule has 0 aromatic heterocycles. The largest absolute Gasteiger partial charge is 0.341 e. The average Bonchev–Trinajstić information content (AvgIpc) is 2.65. The van der Waals surface area contributed by atoms with Gasteiger partial charge in [0.15, 0.2) is 0 Å². The summed E-state index contributed by atoms with van der Waals surface area (Å²) in [7, 11) is 3.11. The monoisotopic (exact) mass is 396 g/mol. The number of urea groups is 1. The van der Waals surface area contributed by atoms with Crippen molar-refractivity contribution in [2.24, 2.45) is 0 Å². The first kappa shape index (κ1) is 22.1. The molecule has 0 saturated heterocycles. The Morgan fingerprint density at radius 1 is 1.00 bits per heavy atom. The molecule has 29 heavy (non-hydrogen) atoms. The van der Waals surface area contributed by atoms with Crippen LogP contribution in [0.2, 0.25) is 0 Å². The average molecular weight is 396 g/mol. The number of amides is 4. The molecule has 1 atom stereocenters. The molecule has 0 fully saturated rings. The Labute approximate surface area is 171 Å². The van der Waals surface area contributed by atoms with Gasteiger partial charge in [0.2, 0.25) is 11.8 Å². The van der Waals surface area contributed by atoms with E-state index < -0.39 is 18.0 Å². The maximum Gasteiger partial charge on any atom is 0.321 e. The van der Waals surface area contributed by atoms with E-state index in [-0.39, 0.29) is 12.5 Å². The van der Waals surface area contributed by atoms with Gasteiger partial charge in [-0.05, 0) is 44.5 Å². The van der Waals surface area contributed by atoms with Crippen LogP contribution in [0.4, 0.5) is 10.5 Å². The minimum atomic E-state index is -0.792. The van der Waals surface area contributed by atoms with Crippen molar-refractivity contribution in [1.82, 2.24) is 15.5 Å². The lowest BCUT2D eigenvalue weighted by Gasteiger charge is -2.27. The summed E-state index contributed by atoms with van der Waals surface area (Å²) < 4.78 is 0. The third-order valence-corrected chi connectivity index (χ3v) is 4.60. The van der Waals surface area contributed by atoms with E-state index in [1.807, 2.05) is 51.1 Å². The number of hydrogen-bond donors (Lipinski definition) is 3. The number of hydrogen-bond acceptors (Lipinski definition) is 4. The van der Waals surface area contributed by atoms with E-state index in [0.717, 1.165) is 22.4 Å². The van der Waals surface area contributed by atoms with Gasteiger partial charge in [-0.2, -0.15) is 0 Å². The minimum absolute atomic E-state index is 0.0204. The number of anilines is 1. The molecule has 2 aromatic rings. The molecule has 7 heteroatoms. The fraction of sp³-hybridized carbons (Fsp3) is 0.318. The summed E-state index contributed by atoms with van der Waals surface area (Å²) in [5.41, 5.74) is 4.56. The topological polar surface area (TPSA) is 90.5 Å². The van der Waals surface area contributed by atoms with Gasteiger partial charge < -0.3 is 10.6 Å². The van der Waals surface area contributed by atoms with Gasteiger partial charge in [-0.3, -0.25) is 19.8 Å². The minimum Gasteiger partial charge on any atom is -0.341 e.